The van der Waals surface area contributed by atoms with Gasteiger partial charge in [0.25, 0.3) is 5.69 Å². The number of rotatable bonds is 5. The van der Waals surface area contributed by atoms with E-state index in [-0.39, 0.29) is 5.69 Å². The van der Waals surface area contributed by atoms with Gasteiger partial charge in [0.1, 0.15) is 11.2 Å². The van der Waals surface area contributed by atoms with Crippen LogP contribution in [0.4, 0.5) is 10.8 Å². The lowest BCUT2D eigenvalue weighted by molar-refractivity contribution is -0.385. The molecule has 0 saturated carbocycles. The molecule has 0 saturated heterocycles. The molecule has 7 nitrogen and oxygen atoms in total. The fraction of sp³-hybridized carbons (Fsp3) is 0.300. The summed E-state index contributed by atoms with van der Waals surface area (Å²) in [6.07, 6.45) is 1.23. The summed E-state index contributed by atoms with van der Waals surface area (Å²) in [5.41, 5.74) is -0.0243. The Labute approximate surface area is 117 Å². The topological polar surface area (TPSA) is 93.8 Å². The highest BCUT2D eigenvalue weighted by Crippen LogP contribution is 2.31. The Bertz CT molecular complexity index is 570. The number of pyridine rings is 1. The number of hydrogen-bond acceptors (Lipinski definition) is 8. The first-order valence-corrected chi connectivity index (χ1v) is 7.06. The van der Waals surface area contributed by atoms with Crippen LogP contribution in [0.5, 0.6) is 0 Å². The van der Waals surface area contributed by atoms with E-state index in [0.717, 1.165) is 9.47 Å². The summed E-state index contributed by atoms with van der Waals surface area (Å²) in [6, 6.07) is 3.31. The van der Waals surface area contributed by atoms with Gasteiger partial charge in [-0.25, -0.2) is 4.98 Å². The van der Waals surface area contributed by atoms with Crippen molar-refractivity contribution < 1.29 is 4.92 Å². The van der Waals surface area contributed by atoms with E-state index in [0.29, 0.717) is 11.1 Å². The molecular weight excluding hydrogens is 286 g/mol. The molecule has 9 heteroatoms. The summed E-state index contributed by atoms with van der Waals surface area (Å²) in [4.78, 5) is 14.0. The maximum atomic E-state index is 10.5. The molecule has 0 aromatic carbocycles. The summed E-state index contributed by atoms with van der Waals surface area (Å²) >= 11 is 2.75. The van der Waals surface area contributed by atoms with E-state index in [4.69, 9.17) is 0 Å². The molecule has 19 heavy (non-hydrogen) atoms. The standard InChI is InChI=1S/C10H11N5O2S2/c1-6(2)12-9-13-14-10(19-9)18-8-4-3-7(5-11-8)15(16)17/h3-6H,1-2H3,(H,12,13). The van der Waals surface area contributed by atoms with E-state index < -0.39 is 4.92 Å². The second kappa shape index (κ2) is 5.93. The van der Waals surface area contributed by atoms with Crippen LogP contribution in [0, 0.1) is 10.1 Å². The normalized spacial score (nSPS) is 10.7. The van der Waals surface area contributed by atoms with Gasteiger partial charge in [0.2, 0.25) is 5.13 Å². The third-order valence-corrected chi connectivity index (χ3v) is 3.80. The van der Waals surface area contributed by atoms with Crippen LogP contribution in [0.1, 0.15) is 13.8 Å². The van der Waals surface area contributed by atoms with E-state index in [9.17, 15) is 10.1 Å². The molecule has 0 unspecified atom stereocenters. The summed E-state index contributed by atoms with van der Waals surface area (Å²) in [5, 5.41) is 23.1. The van der Waals surface area contributed by atoms with Crippen molar-refractivity contribution in [1.29, 1.82) is 0 Å². The molecule has 2 aromatic rings. The quantitative estimate of drug-likeness (QED) is 0.669. The van der Waals surface area contributed by atoms with Crippen LogP contribution in [0.3, 0.4) is 0 Å². The SMILES string of the molecule is CC(C)Nc1nnc(Sc2ccc([N+](=O)[O-])cn2)s1. The van der Waals surface area contributed by atoms with E-state index in [2.05, 4.69) is 20.5 Å². The first-order valence-electron chi connectivity index (χ1n) is 5.43. The van der Waals surface area contributed by atoms with Gasteiger partial charge in [-0.2, -0.15) is 0 Å². The maximum Gasteiger partial charge on any atom is 0.287 e. The molecule has 2 aromatic heterocycles. The van der Waals surface area contributed by atoms with Crippen molar-refractivity contribution in [2.75, 3.05) is 5.32 Å². The zero-order valence-electron chi connectivity index (χ0n) is 10.2. The summed E-state index contributed by atoms with van der Waals surface area (Å²) < 4.78 is 0.740. The molecule has 0 fully saturated rings. The van der Waals surface area contributed by atoms with Crippen LogP contribution >= 0.6 is 23.1 Å². The number of nitrogens with one attached hydrogen (secondary N) is 1. The average Bonchev–Trinajstić information content (AvgIpc) is 2.76. The van der Waals surface area contributed by atoms with Crippen LogP contribution in [0.2, 0.25) is 0 Å². The highest BCUT2D eigenvalue weighted by atomic mass is 32.2. The molecular formula is C10H11N5O2S2. The predicted octanol–water partition coefficient (Wildman–Crippen LogP) is 2.81. The molecule has 0 atom stereocenters. The Balaban J connectivity index is 2.04. The maximum absolute atomic E-state index is 10.5. The van der Waals surface area contributed by atoms with Crippen LogP contribution in [0.25, 0.3) is 0 Å². The Hall–Kier alpha value is -1.74. The molecule has 1 N–H and O–H groups in total. The van der Waals surface area contributed by atoms with Gasteiger partial charge in [-0.1, -0.05) is 11.3 Å². The van der Waals surface area contributed by atoms with Crippen molar-refractivity contribution in [3.8, 4) is 0 Å². The smallest absolute Gasteiger partial charge is 0.287 e. The fourth-order valence-electron chi connectivity index (χ4n) is 1.19. The van der Waals surface area contributed by atoms with Gasteiger partial charge in [-0.3, -0.25) is 10.1 Å². The molecule has 0 amide bonds. The second-order valence-corrected chi connectivity index (χ2v) is 6.13. The molecule has 0 aliphatic rings. The van der Waals surface area contributed by atoms with E-state index in [1.807, 2.05) is 13.8 Å². The third-order valence-electron chi connectivity index (χ3n) is 1.94. The highest BCUT2D eigenvalue weighted by molar-refractivity contribution is 8.01. The van der Waals surface area contributed by atoms with Crippen molar-refractivity contribution in [3.05, 3.63) is 28.4 Å². The van der Waals surface area contributed by atoms with Crippen molar-refractivity contribution in [2.45, 2.75) is 29.3 Å². The van der Waals surface area contributed by atoms with Crippen molar-refractivity contribution >= 4 is 33.9 Å². The summed E-state index contributed by atoms with van der Waals surface area (Å²) in [5.74, 6) is 0. The fourth-order valence-corrected chi connectivity index (χ4v) is 2.97. The molecule has 0 aliphatic carbocycles. The van der Waals surface area contributed by atoms with Crippen LogP contribution in [0.15, 0.2) is 27.7 Å². The lowest BCUT2D eigenvalue weighted by Gasteiger charge is -2.02. The highest BCUT2D eigenvalue weighted by Gasteiger charge is 2.10. The van der Waals surface area contributed by atoms with Gasteiger partial charge in [0, 0.05) is 12.1 Å². The largest absolute Gasteiger partial charge is 0.358 e. The lowest BCUT2D eigenvalue weighted by Crippen LogP contribution is -2.08. The molecule has 0 aliphatic heterocycles. The molecule has 0 radical (unpaired) electrons. The van der Waals surface area contributed by atoms with Crippen molar-refractivity contribution in [3.63, 3.8) is 0 Å². The predicted molar refractivity (Wildman–Crippen MR) is 73.7 cm³/mol. The van der Waals surface area contributed by atoms with Crippen LogP contribution < -0.4 is 5.32 Å². The number of aromatic nitrogens is 3. The second-order valence-electron chi connectivity index (χ2n) is 3.89. The van der Waals surface area contributed by atoms with Gasteiger partial charge < -0.3 is 5.32 Å². The number of hydrogen-bond donors (Lipinski definition) is 1. The molecule has 0 bridgehead atoms. The van der Waals surface area contributed by atoms with Gasteiger partial charge in [-0.05, 0) is 31.7 Å². The minimum absolute atomic E-state index is 0.0243. The van der Waals surface area contributed by atoms with Crippen LogP contribution in [-0.2, 0) is 0 Å². The Morgan fingerprint density at radius 3 is 2.79 bits per heavy atom. The number of nitro groups is 1. The van der Waals surface area contributed by atoms with E-state index in [1.54, 1.807) is 6.07 Å². The van der Waals surface area contributed by atoms with E-state index >= 15 is 0 Å². The Kier molecular flexibility index (Phi) is 4.27. The minimum atomic E-state index is -0.475. The van der Waals surface area contributed by atoms with Gasteiger partial charge in [0.05, 0.1) is 4.92 Å². The summed E-state index contributed by atoms with van der Waals surface area (Å²) in [7, 11) is 0. The van der Waals surface area contributed by atoms with Crippen molar-refractivity contribution in [1.82, 2.24) is 15.2 Å². The Morgan fingerprint density at radius 1 is 1.42 bits per heavy atom. The van der Waals surface area contributed by atoms with Crippen LogP contribution in [-0.4, -0.2) is 26.1 Å². The lowest BCUT2D eigenvalue weighted by atomic mass is 10.4. The van der Waals surface area contributed by atoms with Crippen molar-refractivity contribution in [2.24, 2.45) is 0 Å². The Morgan fingerprint density at radius 2 is 2.21 bits per heavy atom. The zero-order valence-corrected chi connectivity index (χ0v) is 11.9. The van der Waals surface area contributed by atoms with E-state index in [1.165, 1.54) is 35.4 Å². The monoisotopic (exact) mass is 297 g/mol. The van der Waals surface area contributed by atoms with Gasteiger partial charge in [-0.15, -0.1) is 10.2 Å². The first kappa shape index (κ1) is 13.7. The zero-order chi connectivity index (χ0) is 13.8. The first-order chi connectivity index (χ1) is 9.04. The number of anilines is 1. The molecule has 2 rings (SSSR count). The third kappa shape index (κ3) is 3.86. The van der Waals surface area contributed by atoms with Gasteiger partial charge in [0.15, 0.2) is 4.34 Å². The summed E-state index contributed by atoms with van der Waals surface area (Å²) in [6.45, 7) is 4.04. The minimum Gasteiger partial charge on any atom is -0.358 e. The molecule has 0 spiro atoms. The molecule has 2 heterocycles. The average molecular weight is 297 g/mol. The number of nitrogens with zero attached hydrogens (tertiary/aromatic N) is 4. The molecule has 100 valence electrons. The van der Waals surface area contributed by atoms with Gasteiger partial charge >= 0.3 is 0 Å².